The number of nitrogens with zero attached hydrogens (tertiary/aromatic N) is 4. The van der Waals surface area contributed by atoms with Gasteiger partial charge in [-0.1, -0.05) is 47.1 Å². The molecule has 2 aromatic heterocycles. The lowest BCUT2D eigenvalue weighted by atomic mass is 10.0. The zero-order valence-corrected chi connectivity index (χ0v) is 16.1. The molecule has 0 aliphatic carbocycles. The summed E-state index contributed by atoms with van der Waals surface area (Å²) in [5.74, 6) is 1.97. The Morgan fingerprint density at radius 2 is 2.04 bits per heavy atom. The fourth-order valence-electron chi connectivity index (χ4n) is 2.99. The van der Waals surface area contributed by atoms with E-state index in [1.54, 1.807) is 25.4 Å². The number of hydrogen-bond acceptors (Lipinski definition) is 6. The van der Waals surface area contributed by atoms with E-state index in [4.69, 9.17) is 20.9 Å². The van der Waals surface area contributed by atoms with Crippen LogP contribution in [0.15, 0.2) is 65.4 Å². The lowest BCUT2D eigenvalue weighted by Crippen LogP contribution is -2.17. The topological polar surface area (TPSA) is 78.0 Å². The van der Waals surface area contributed by atoms with E-state index in [9.17, 15) is 0 Å². The normalized spacial score (nSPS) is 12.0. The molecule has 1 unspecified atom stereocenters. The molecule has 28 heavy (non-hydrogen) atoms. The summed E-state index contributed by atoms with van der Waals surface area (Å²) in [5, 5.41) is 7.94. The standard InChI is InChI=1S/C20H18ClN5O2/c1-26-11-10-22-19(26)17(15-8-3-4-9-16(15)27-2)23-20-24-18(25-28-20)13-6-5-7-14(21)12-13/h3-12,17H,1-2H3,(H,23,24,25). The molecule has 0 saturated carbocycles. The van der Waals surface area contributed by atoms with Crippen molar-refractivity contribution in [3.8, 4) is 17.1 Å². The largest absolute Gasteiger partial charge is 0.496 e. The highest BCUT2D eigenvalue weighted by Gasteiger charge is 2.24. The van der Waals surface area contributed by atoms with Crippen molar-refractivity contribution in [3.63, 3.8) is 0 Å². The van der Waals surface area contributed by atoms with Gasteiger partial charge in [-0.2, -0.15) is 4.98 Å². The number of hydrogen-bond donors (Lipinski definition) is 1. The maximum Gasteiger partial charge on any atom is 0.322 e. The number of aromatic nitrogens is 4. The van der Waals surface area contributed by atoms with Crippen molar-refractivity contribution < 1.29 is 9.26 Å². The first kappa shape index (κ1) is 18.1. The summed E-state index contributed by atoms with van der Waals surface area (Å²) >= 11 is 6.06. The van der Waals surface area contributed by atoms with Crippen LogP contribution in [0.1, 0.15) is 17.4 Å². The third kappa shape index (κ3) is 3.57. The van der Waals surface area contributed by atoms with Gasteiger partial charge in [0, 0.05) is 35.6 Å². The minimum atomic E-state index is -0.344. The van der Waals surface area contributed by atoms with Crippen molar-refractivity contribution in [2.45, 2.75) is 6.04 Å². The van der Waals surface area contributed by atoms with E-state index in [1.807, 2.05) is 54.2 Å². The number of anilines is 1. The Morgan fingerprint density at radius 3 is 2.79 bits per heavy atom. The first-order valence-electron chi connectivity index (χ1n) is 8.62. The molecule has 1 atom stereocenters. The maximum absolute atomic E-state index is 6.06. The molecule has 0 spiro atoms. The van der Waals surface area contributed by atoms with Crippen LogP contribution in [0.3, 0.4) is 0 Å². The SMILES string of the molecule is COc1ccccc1C(Nc1nc(-c2cccc(Cl)c2)no1)c1nccn1C. The Balaban J connectivity index is 1.70. The first-order chi connectivity index (χ1) is 13.7. The molecule has 142 valence electrons. The summed E-state index contributed by atoms with van der Waals surface area (Å²) in [6.45, 7) is 0. The number of aryl methyl sites for hydroxylation is 1. The van der Waals surface area contributed by atoms with E-state index in [0.717, 1.165) is 22.7 Å². The molecule has 2 heterocycles. The average Bonchev–Trinajstić information content (AvgIpc) is 3.35. The van der Waals surface area contributed by atoms with Crippen LogP contribution in [0.5, 0.6) is 5.75 Å². The van der Waals surface area contributed by atoms with Crippen molar-refractivity contribution in [1.82, 2.24) is 19.7 Å². The van der Waals surface area contributed by atoms with Crippen LogP contribution < -0.4 is 10.1 Å². The Kier molecular flexibility index (Phi) is 4.99. The second-order valence-electron chi connectivity index (χ2n) is 6.15. The van der Waals surface area contributed by atoms with Crippen molar-refractivity contribution in [1.29, 1.82) is 0 Å². The molecular formula is C20H18ClN5O2. The van der Waals surface area contributed by atoms with E-state index in [0.29, 0.717) is 10.8 Å². The van der Waals surface area contributed by atoms with Gasteiger partial charge < -0.3 is 19.1 Å². The van der Waals surface area contributed by atoms with Crippen molar-refractivity contribution >= 4 is 17.6 Å². The molecule has 0 saturated heterocycles. The van der Waals surface area contributed by atoms with Gasteiger partial charge in [0.05, 0.1) is 7.11 Å². The highest BCUT2D eigenvalue weighted by molar-refractivity contribution is 6.30. The molecule has 4 rings (SSSR count). The van der Waals surface area contributed by atoms with Crippen LogP contribution in [0.4, 0.5) is 6.01 Å². The maximum atomic E-state index is 6.06. The molecular weight excluding hydrogens is 378 g/mol. The number of rotatable bonds is 6. The van der Waals surface area contributed by atoms with E-state index in [2.05, 4.69) is 20.4 Å². The highest BCUT2D eigenvalue weighted by Crippen LogP contribution is 2.32. The number of ether oxygens (including phenoxy) is 1. The number of nitrogens with one attached hydrogen (secondary N) is 1. The third-order valence-corrected chi connectivity index (χ3v) is 4.58. The molecule has 0 amide bonds. The molecule has 4 aromatic rings. The molecule has 7 nitrogen and oxygen atoms in total. The average molecular weight is 396 g/mol. The van der Waals surface area contributed by atoms with Gasteiger partial charge in [0.1, 0.15) is 17.6 Å². The van der Waals surface area contributed by atoms with E-state index in [-0.39, 0.29) is 12.1 Å². The molecule has 0 aliphatic rings. The fraction of sp³-hybridized carbons (Fsp3) is 0.150. The summed E-state index contributed by atoms with van der Waals surface area (Å²) in [6.07, 6.45) is 3.62. The van der Waals surface area contributed by atoms with Crippen LogP contribution in [0.25, 0.3) is 11.4 Å². The van der Waals surface area contributed by atoms with Gasteiger partial charge in [0.15, 0.2) is 0 Å². The zero-order chi connectivity index (χ0) is 19.5. The van der Waals surface area contributed by atoms with E-state index < -0.39 is 0 Å². The van der Waals surface area contributed by atoms with Crippen LogP contribution in [0.2, 0.25) is 5.02 Å². The molecule has 0 aliphatic heterocycles. The van der Waals surface area contributed by atoms with Crippen LogP contribution in [-0.2, 0) is 7.05 Å². The van der Waals surface area contributed by atoms with Gasteiger partial charge in [-0.05, 0) is 18.2 Å². The lowest BCUT2D eigenvalue weighted by Gasteiger charge is -2.19. The Morgan fingerprint density at radius 1 is 1.18 bits per heavy atom. The first-order valence-corrected chi connectivity index (χ1v) is 9.00. The second kappa shape index (κ2) is 7.74. The second-order valence-corrected chi connectivity index (χ2v) is 6.59. The molecule has 0 radical (unpaired) electrons. The smallest absolute Gasteiger partial charge is 0.322 e. The van der Waals surface area contributed by atoms with Crippen molar-refractivity contribution in [3.05, 3.63) is 77.3 Å². The lowest BCUT2D eigenvalue weighted by molar-refractivity contribution is 0.405. The van der Waals surface area contributed by atoms with Gasteiger partial charge in [-0.3, -0.25) is 0 Å². The number of methoxy groups -OCH3 is 1. The number of halogens is 1. The molecule has 8 heteroatoms. The van der Waals surface area contributed by atoms with E-state index in [1.165, 1.54) is 0 Å². The quantitative estimate of drug-likeness (QED) is 0.523. The highest BCUT2D eigenvalue weighted by atomic mass is 35.5. The van der Waals surface area contributed by atoms with Gasteiger partial charge in [0.25, 0.3) is 0 Å². The predicted molar refractivity (Wildman–Crippen MR) is 106 cm³/mol. The van der Waals surface area contributed by atoms with Gasteiger partial charge in [-0.15, -0.1) is 0 Å². The Hall–Kier alpha value is -3.32. The van der Waals surface area contributed by atoms with Crippen molar-refractivity contribution in [2.75, 3.05) is 12.4 Å². The fourth-order valence-corrected chi connectivity index (χ4v) is 3.18. The summed E-state index contributed by atoms with van der Waals surface area (Å²) in [5.41, 5.74) is 1.68. The van der Waals surface area contributed by atoms with Crippen LogP contribution >= 0.6 is 11.6 Å². The van der Waals surface area contributed by atoms with Gasteiger partial charge >= 0.3 is 6.01 Å². The zero-order valence-electron chi connectivity index (χ0n) is 15.3. The van der Waals surface area contributed by atoms with Crippen LogP contribution in [-0.4, -0.2) is 26.8 Å². The number of imidazole rings is 1. The summed E-state index contributed by atoms with van der Waals surface area (Å²) in [4.78, 5) is 8.93. The molecule has 0 fully saturated rings. The number of para-hydroxylation sites is 1. The van der Waals surface area contributed by atoms with Crippen molar-refractivity contribution in [2.24, 2.45) is 7.05 Å². The summed E-state index contributed by atoms with van der Waals surface area (Å²) in [7, 11) is 3.57. The van der Waals surface area contributed by atoms with Gasteiger partial charge in [-0.25, -0.2) is 4.98 Å². The Labute approximate surface area is 166 Å². The molecule has 2 aromatic carbocycles. The van der Waals surface area contributed by atoms with Crippen LogP contribution in [0, 0.1) is 0 Å². The molecule has 0 bridgehead atoms. The third-order valence-electron chi connectivity index (χ3n) is 4.34. The van der Waals surface area contributed by atoms with E-state index >= 15 is 0 Å². The monoisotopic (exact) mass is 395 g/mol. The minimum absolute atomic E-state index is 0.272. The minimum Gasteiger partial charge on any atom is -0.496 e. The predicted octanol–water partition coefficient (Wildman–Crippen LogP) is 4.33. The molecule has 1 N–H and O–H groups in total. The number of benzene rings is 2. The summed E-state index contributed by atoms with van der Waals surface area (Å²) < 4.78 is 12.9. The summed E-state index contributed by atoms with van der Waals surface area (Å²) in [6, 6.07) is 15.0. The Bertz CT molecular complexity index is 1090. The van der Waals surface area contributed by atoms with Gasteiger partial charge in [0.2, 0.25) is 5.82 Å².